The number of sulfonamides is 1. The molecule has 0 aliphatic heterocycles. The molecule has 7 heteroatoms. The molecule has 1 fully saturated rings. The smallest absolute Gasteiger partial charge is 0.264 e. The number of fused-ring (bicyclic) bond motifs is 1. The topological polar surface area (TPSA) is 85.4 Å². The Kier molecular flexibility index (Phi) is 5.02. The Morgan fingerprint density at radius 3 is 2.50 bits per heavy atom. The van der Waals surface area contributed by atoms with Crippen molar-refractivity contribution in [2.45, 2.75) is 42.9 Å². The molecule has 1 aromatic heterocycles. The second kappa shape index (κ2) is 7.40. The zero-order valence-corrected chi connectivity index (χ0v) is 18.0. The van der Waals surface area contributed by atoms with Crippen LogP contribution in [0.4, 0.5) is 0 Å². The van der Waals surface area contributed by atoms with Gasteiger partial charge in [0.1, 0.15) is 5.75 Å². The lowest BCUT2D eigenvalue weighted by Gasteiger charge is -2.23. The number of pyridine rings is 1. The Labute approximate surface area is 176 Å². The monoisotopic (exact) mass is 424 g/mol. The molecule has 30 heavy (non-hydrogen) atoms. The van der Waals surface area contributed by atoms with E-state index < -0.39 is 21.3 Å². The van der Waals surface area contributed by atoms with Crippen LogP contribution in [-0.4, -0.2) is 26.4 Å². The van der Waals surface area contributed by atoms with E-state index in [-0.39, 0.29) is 10.8 Å². The summed E-state index contributed by atoms with van der Waals surface area (Å²) in [6, 6.07) is 13.9. The van der Waals surface area contributed by atoms with Crippen molar-refractivity contribution in [3.8, 4) is 5.75 Å². The first-order valence-corrected chi connectivity index (χ1v) is 11.4. The van der Waals surface area contributed by atoms with Crippen LogP contribution in [0.2, 0.25) is 0 Å². The summed E-state index contributed by atoms with van der Waals surface area (Å²) in [5, 5.41) is 0.477. The van der Waals surface area contributed by atoms with Crippen molar-refractivity contribution in [1.29, 1.82) is 0 Å². The van der Waals surface area contributed by atoms with Crippen LogP contribution in [-0.2, 0) is 20.2 Å². The zero-order valence-electron chi connectivity index (χ0n) is 17.2. The standard InChI is InChI=1S/C23H24N2O4S/c1-15(2)16-7-4-10-19(29-3)21(16)23(12-13-23)22(26)25-30(27,28)20-11-5-9-18-17(20)8-6-14-24-18/h4-11,14-15H,12-13H2,1-3H3,(H,25,26). The first-order chi connectivity index (χ1) is 14.3. The van der Waals surface area contributed by atoms with Crippen molar-refractivity contribution >= 4 is 26.8 Å². The van der Waals surface area contributed by atoms with Crippen molar-refractivity contribution in [1.82, 2.24) is 9.71 Å². The summed E-state index contributed by atoms with van der Waals surface area (Å²) < 4.78 is 34.2. The van der Waals surface area contributed by atoms with E-state index in [1.165, 1.54) is 6.07 Å². The van der Waals surface area contributed by atoms with E-state index in [0.717, 1.165) is 11.1 Å². The van der Waals surface area contributed by atoms with E-state index in [9.17, 15) is 13.2 Å². The number of carbonyl (C=O) groups excluding carboxylic acids is 1. The van der Waals surface area contributed by atoms with Gasteiger partial charge in [-0.15, -0.1) is 0 Å². The van der Waals surface area contributed by atoms with Crippen LogP contribution < -0.4 is 9.46 Å². The van der Waals surface area contributed by atoms with Crippen LogP contribution in [0.3, 0.4) is 0 Å². The Morgan fingerprint density at radius 1 is 1.10 bits per heavy atom. The maximum absolute atomic E-state index is 13.3. The Morgan fingerprint density at radius 2 is 1.83 bits per heavy atom. The number of amides is 1. The number of methoxy groups -OCH3 is 1. The van der Waals surface area contributed by atoms with Gasteiger partial charge < -0.3 is 4.74 Å². The molecule has 0 unspecified atom stereocenters. The van der Waals surface area contributed by atoms with Crippen LogP contribution in [0.5, 0.6) is 5.75 Å². The van der Waals surface area contributed by atoms with E-state index in [4.69, 9.17) is 4.74 Å². The van der Waals surface area contributed by atoms with Crippen LogP contribution in [0.25, 0.3) is 10.9 Å². The molecule has 156 valence electrons. The first kappa shape index (κ1) is 20.3. The molecule has 0 atom stereocenters. The summed E-state index contributed by atoms with van der Waals surface area (Å²) >= 11 is 0. The molecule has 0 bridgehead atoms. The molecule has 2 aromatic carbocycles. The Balaban J connectivity index is 1.74. The normalized spacial score (nSPS) is 15.2. The average molecular weight is 425 g/mol. The molecule has 1 heterocycles. The lowest BCUT2D eigenvalue weighted by Crippen LogP contribution is -2.39. The second-order valence-corrected chi connectivity index (χ2v) is 9.57. The van der Waals surface area contributed by atoms with Gasteiger partial charge in [0.05, 0.1) is 22.9 Å². The van der Waals surface area contributed by atoms with Gasteiger partial charge in [0.2, 0.25) is 5.91 Å². The van der Waals surface area contributed by atoms with Crippen LogP contribution in [0.1, 0.15) is 43.7 Å². The molecule has 4 rings (SSSR count). The van der Waals surface area contributed by atoms with Gasteiger partial charge in [-0.05, 0) is 54.7 Å². The van der Waals surface area contributed by atoms with Gasteiger partial charge in [-0.1, -0.05) is 32.0 Å². The number of hydrogen-bond donors (Lipinski definition) is 1. The average Bonchev–Trinajstić information content (AvgIpc) is 3.54. The van der Waals surface area contributed by atoms with Gasteiger partial charge in [0, 0.05) is 17.1 Å². The summed E-state index contributed by atoms with van der Waals surface area (Å²) in [5.41, 5.74) is 1.44. The number of nitrogens with zero attached hydrogens (tertiary/aromatic N) is 1. The summed E-state index contributed by atoms with van der Waals surface area (Å²) in [6.07, 6.45) is 2.75. The van der Waals surface area contributed by atoms with E-state index in [2.05, 4.69) is 9.71 Å². The maximum atomic E-state index is 13.3. The highest BCUT2D eigenvalue weighted by atomic mass is 32.2. The fourth-order valence-electron chi connectivity index (χ4n) is 4.01. The van der Waals surface area contributed by atoms with Crippen LogP contribution >= 0.6 is 0 Å². The van der Waals surface area contributed by atoms with Gasteiger partial charge in [-0.2, -0.15) is 0 Å². The van der Waals surface area contributed by atoms with E-state index in [0.29, 0.717) is 29.5 Å². The number of benzene rings is 2. The molecule has 1 saturated carbocycles. The van der Waals surface area contributed by atoms with Gasteiger partial charge in [0.25, 0.3) is 10.0 Å². The highest BCUT2D eigenvalue weighted by molar-refractivity contribution is 7.90. The van der Waals surface area contributed by atoms with Crippen molar-refractivity contribution in [3.05, 3.63) is 65.9 Å². The number of nitrogens with one attached hydrogen (secondary N) is 1. The van der Waals surface area contributed by atoms with Crippen molar-refractivity contribution in [2.75, 3.05) is 7.11 Å². The molecule has 1 amide bonds. The molecule has 0 saturated heterocycles. The van der Waals surface area contributed by atoms with Gasteiger partial charge in [-0.3, -0.25) is 9.78 Å². The molecule has 1 aliphatic rings. The van der Waals surface area contributed by atoms with Gasteiger partial charge in [-0.25, -0.2) is 13.1 Å². The minimum Gasteiger partial charge on any atom is -0.496 e. The summed E-state index contributed by atoms with van der Waals surface area (Å²) in [6.45, 7) is 4.10. The minimum absolute atomic E-state index is 0.0429. The van der Waals surface area contributed by atoms with Gasteiger partial charge >= 0.3 is 0 Å². The quantitative estimate of drug-likeness (QED) is 0.649. The van der Waals surface area contributed by atoms with Crippen LogP contribution in [0.15, 0.2) is 59.6 Å². The maximum Gasteiger partial charge on any atom is 0.264 e. The lowest BCUT2D eigenvalue weighted by atomic mass is 9.85. The van der Waals surface area contributed by atoms with Crippen molar-refractivity contribution < 1.29 is 17.9 Å². The minimum atomic E-state index is -4.07. The summed E-state index contributed by atoms with van der Waals surface area (Å²) in [7, 11) is -2.50. The predicted molar refractivity (Wildman–Crippen MR) is 115 cm³/mol. The molecular weight excluding hydrogens is 400 g/mol. The number of hydrogen-bond acceptors (Lipinski definition) is 5. The Hall–Kier alpha value is -2.93. The van der Waals surface area contributed by atoms with Crippen molar-refractivity contribution in [3.63, 3.8) is 0 Å². The fourth-order valence-corrected chi connectivity index (χ4v) is 5.28. The summed E-state index contributed by atoms with van der Waals surface area (Å²) in [5.74, 6) is 0.261. The largest absolute Gasteiger partial charge is 0.496 e. The molecule has 6 nitrogen and oxygen atoms in total. The molecule has 1 N–H and O–H groups in total. The SMILES string of the molecule is COc1cccc(C(C)C)c1C1(C(=O)NS(=O)(=O)c2cccc3ncccc23)CC1. The van der Waals surface area contributed by atoms with E-state index in [1.807, 2.05) is 32.0 Å². The third-order valence-electron chi connectivity index (χ3n) is 5.69. The molecular formula is C23H24N2O4S. The number of rotatable bonds is 6. The first-order valence-electron chi connectivity index (χ1n) is 9.88. The number of aromatic nitrogens is 1. The molecule has 1 aliphatic carbocycles. The molecule has 0 spiro atoms. The highest BCUT2D eigenvalue weighted by Gasteiger charge is 2.55. The third-order valence-corrected chi connectivity index (χ3v) is 7.07. The third kappa shape index (κ3) is 3.33. The number of ether oxygens (including phenoxy) is 1. The molecule has 3 aromatic rings. The predicted octanol–water partition coefficient (Wildman–Crippen LogP) is 3.90. The highest BCUT2D eigenvalue weighted by Crippen LogP contribution is 2.54. The lowest BCUT2D eigenvalue weighted by molar-refractivity contribution is -0.121. The van der Waals surface area contributed by atoms with Crippen LogP contribution in [0, 0.1) is 0 Å². The van der Waals surface area contributed by atoms with E-state index in [1.54, 1.807) is 37.6 Å². The Bertz CT molecular complexity index is 1230. The fraction of sp³-hybridized carbons (Fsp3) is 0.304. The zero-order chi connectivity index (χ0) is 21.5. The van der Waals surface area contributed by atoms with E-state index >= 15 is 0 Å². The van der Waals surface area contributed by atoms with Crippen molar-refractivity contribution in [2.24, 2.45) is 0 Å². The summed E-state index contributed by atoms with van der Waals surface area (Å²) in [4.78, 5) is 17.6. The molecule has 0 radical (unpaired) electrons. The van der Waals surface area contributed by atoms with Gasteiger partial charge in [0.15, 0.2) is 0 Å². The number of carbonyl (C=O) groups is 1. The second-order valence-electron chi connectivity index (χ2n) is 7.92.